The molecule has 1 radical (unpaired) electrons. The Morgan fingerprint density at radius 3 is 2.00 bits per heavy atom. The van der Waals surface area contributed by atoms with Gasteiger partial charge >= 0.3 is 5.97 Å². The molecule has 29 valence electrons. The van der Waals surface area contributed by atoms with Crippen LogP contribution in [0.3, 0.4) is 0 Å². The van der Waals surface area contributed by atoms with Crippen LogP contribution in [0.2, 0.25) is 0 Å². The largest absolute Gasteiger partial charge is 0.478 e. The Morgan fingerprint density at radius 2 is 2.00 bits per heavy atom. The van der Waals surface area contributed by atoms with E-state index in [1.54, 1.807) is 0 Å². The van der Waals surface area contributed by atoms with Crippen LogP contribution in [-0.4, -0.2) is 40.6 Å². The molecule has 0 atom stereocenters. The molecule has 0 saturated carbocycles. The summed E-state index contributed by atoms with van der Waals surface area (Å²) in [5.74, 6) is -0.981. The van der Waals surface area contributed by atoms with Crippen molar-refractivity contribution in [2.75, 3.05) is 0 Å². The van der Waals surface area contributed by atoms with E-state index in [4.69, 9.17) is 5.11 Å². The SMILES string of the molecule is C=CC(=O)O.[Na]. The summed E-state index contributed by atoms with van der Waals surface area (Å²) in [6.45, 7) is 2.96. The zero-order valence-electron chi connectivity index (χ0n) is 3.64. The number of aliphatic carboxylic acids is 1. The van der Waals surface area contributed by atoms with Gasteiger partial charge in [0.25, 0.3) is 0 Å². The molecule has 1 N–H and O–H groups in total. The first-order valence-corrected chi connectivity index (χ1v) is 1.12. The van der Waals surface area contributed by atoms with E-state index in [1.807, 2.05) is 0 Å². The Morgan fingerprint density at radius 1 is 1.83 bits per heavy atom. The van der Waals surface area contributed by atoms with Crippen molar-refractivity contribution in [3.63, 3.8) is 0 Å². The maximum Gasteiger partial charge on any atom is 0.327 e. The molecule has 0 aliphatic heterocycles. The summed E-state index contributed by atoms with van der Waals surface area (Å²) in [6, 6.07) is 0. The Balaban J connectivity index is 0. The van der Waals surface area contributed by atoms with Gasteiger partial charge in [-0.25, -0.2) is 4.79 Å². The minimum absolute atomic E-state index is 0. The first-order chi connectivity index (χ1) is 2.27. The van der Waals surface area contributed by atoms with Crippen LogP contribution in [0.5, 0.6) is 0 Å². The second-order valence-corrected chi connectivity index (χ2v) is 0.542. The smallest absolute Gasteiger partial charge is 0.327 e. The van der Waals surface area contributed by atoms with Crippen molar-refractivity contribution in [2.24, 2.45) is 0 Å². The molecular weight excluding hydrogens is 91.0 g/mol. The van der Waals surface area contributed by atoms with E-state index in [1.165, 1.54) is 0 Å². The van der Waals surface area contributed by atoms with Crippen molar-refractivity contribution in [2.45, 2.75) is 0 Å². The Hall–Kier alpha value is 0.210. The van der Waals surface area contributed by atoms with Gasteiger partial charge < -0.3 is 5.11 Å². The first-order valence-electron chi connectivity index (χ1n) is 1.12. The van der Waals surface area contributed by atoms with E-state index in [0.29, 0.717) is 0 Å². The molecule has 0 aliphatic carbocycles. The quantitative estimate of drug-likeness (QED) is 0.364. The number of hydrogen-bond acceptors (Lipinski definition) is 1. The molecule has 0 fully saturated rings. The van der Waals surface area contributed by atoms with E-state index in [0.717, 1.165) is 6.08 Å². The molecule has 0 aliphatic rings. The molecule has 0 heterocycles. The van der Waals surface area contributed by atoms with Crippen LogP contribution in [0, 0.1) is 0 Å². The van der Waals surface area contributed by atoms with Gasteiger partial charge in [0.2, 0.25) is 0 Å². The second-order valence-electron chi connectivity index (χ2n) is 0.542. The minimum atomic E-state index is -0.981. The average molecular weight is 95.1 g/mol. The molecule has 0 aromatic carbocycles. The maximum atomic E-state index is 9.25. The molecule has 6 heavy (non-hydrogen) atoms. The van der Waals surface area contributed by atoms with Gasteiger partial charge in [0, 0.05) is 35.6 Å². The molecular formula is C3H4NaO2. The topological polar surface area (TPSA) is 37.3 Å². The van der Waals surface area contributed by atoms with Crippen molar-refractivity contribution in [3.05, 3.63) is 12.7 Å². The van der Waals surface area contributed by atoms with Crippen molar-refractivity contribution in [3.8, 4) is 0 Å². The van der Waals surface area contributed by atoms with E-state index in [9.17, 15) is 4.79 Å². The summed E-state index contributed by atoms with van der Waals surface area (Å²) in [5, 5.41) is 7.60. The molecule has 0 bridgehead atoms. The monoisotopic (exact) mass is 95.0 g/mol. The van der Waals surface area contributed by atoms with Crippen LogP contribution in [0.1, 0.15) is 0 Å². The molecule has 0 saturated heterocycles. The molecule has 3 heteroatoms. The summed E-state index contributed by atoms with van der Waals surface area (Å²) in [4.78, 5) is 9.25. The summed E-state index contributed by atoms with van der Waals surface area (Å²) < 4.78 is 0. The van der Waals surface area contributed by atoms with Crippen molar-refractivity contribution >= 4 is 35.5 Å². The number of carboxylic acid groups (broad SMARTS) is 1. The van der Waals surface area contributed by atoms with Gasteiger partial charge in [-0.05, 0) is 0 Å². The molecule has 0 amide bonds. The van der Waals surface area contributed by atoms with Crippen molar-refractivity contribution < 1.29 is 9.90 Å². The van der Waals surface area contributed by atoms with Gasteiger partial charge in [0.15, 0.2) is 0 Å². The van der Waals surface area contributed by atoms with Gasteiger partial charge in [-0.2, -0.15) is 0 Å². The number of hydrogen-bond donors (Lipinski definition) is 1. The molecule has 0 unspecified atom stereocenters. The van der Waals surface area contributed by atoms with Crippen LogP contribution < -0.4 is 0 Å². The van der Waals surface area contributed by atoms with Crippen LogP contribution in [-0.2, 0) is 4.79 Å². The first kappa shape index (κ1) is 9.51. The van der Waals surface area contributed by atoms with E-state index in [-0.39, 0.29) is 29.6 Å². The van der Waals surface area contributed by atoms with E-state index in [2.05, 4.69) is 6.58 Å². The summed E-state index contributed by atoms with van der Waals surface area (Å²) in [5.41, 5.74) is 0. The minimum Gasteiger partial charge on any atom is -0.478 e. The third-order valence-electron chi connectivity index (χ3n) is 0.175. The second kappa shape index (κ2) is 5.21. The third-order valence-corrected chi connectivity index (χ3v) is 0.175. The van der Waals surface area contributed by atoms with Crippen molar-refractivity contribution in [1.29, 1.82) is 0 Å². The summed E-state index contributed by atoms with van der Waals surface area (Å²) in [7, 11) is 0. The fourth-order valence-corrected chi connectivity index (χ4v) is 0. The summed E-state index contributed by atoms with van der Waals surface area (Å²) >= 11 is 0. The molecule has 2 nitrogen and oxygen atoms in total. The fraction of sp³-hybridized carbons (Fsp3) is 0. The summed E-state index contributed by atoms with van der Waals surface area (Å²) in [6.07, 6.45) is 0.833. The van der Waals surface area contributed by atoms with Gasteiger partial charge in [0.1, 0.15) is 0 Å². The van der Waals surface area contributed by atoms with Gasteiger partial charge in [-0.3, -0.25) is 0 Å². The standard InChI is InChI=1S/C3H4O2.Na/c1-2-3(4)5;/h2H,1H2,(H,4,5);. The molecule has 0 rings (SSSR count). The van der Waals surface area contributed by atoms with Crippen LogP contribution in [0.4, 0.5) is 0 Å². The van der Waals surface area contributed by atoms with Crippen molar-refractivity contribution in [1.82, 2.24) is 0 Å². The van der Waals surface area contributed by atoms with Crippen LogP contribution >= 0.6 is 0 Å². The number of rotatable bonds is 1. The third kappa shape index (κ3) is 8.88. The van der Waals surface area contributed by atoms with Crippen LogP contribution in [0.15, 0.2) is 12.7 Å². The number of carboxylic acids is 1. The maximum absolute atomic E-state index is 9.25. The predicted octanol–water partition coefficient (Wildman–Crippen LogP) is -0.124. The fourth-order valence-electron chi connectivity index (χ4n) is 0. The molecule has 0 spiro atoms. The zero-order chi connectivity index (χ0) is 4.28. The van der Waals surface area contributed by atoms with E-state index >= 15 is 0 Å². The Bertz CT molecular complexity index is 59.8. The van der Waals surface area contributed by atoms with E-state index < -0.39 is 5.97 Å². The average Bonchev–Trinajstić information content (AvgIpc) is 1.38. The van der Waals surface area contributed by atoms with Crippen LogP contribution in [0.25, 0.3) is 0 Å². The van der Waals surface area contributed by atoms with Gasteiger partial charge in [-0.1, -0.05) is 6.58 Å². The predicted molar refractivity (Wildman–Crippen MR) is 23.6 cm³/mol. The Kier molecular flexibility index (Phi) is 8.26. The molecule has 0 aromatic rings. The Labute approximate surface area is 58.1 Å². The van der Waals surface area contributed by atoms with Gasteiger partial charge in [0.05, 0.1) is 0 Å². The zero-order valence-corrected chi connectivity index (χ0v) is 5.64. The van der Waals surface area contributed by atoms with Gasteiger partial charge in [-0.15, -0.1) is 0 Å². The normalized spacial score (nSPS) is 5.33. The molecule has 0 aromatic heterocycles. The number of carbonyl (C=O) groups is 1.